The van der Waals surface area contributed by atoms with Crippen molar-refractivity contribution in [2.24, 2.45) is 0 Å². The molecule has 1 amide bonds. The first-order valence-electron chi connectivity index (χ1n) is 8.19. The summed E-state index contributed by atoms with van der Waals surface area (Å²) in [4.78, 5) is 23.6. The van der Waals surface area contributed by atoms with Crippen LogP contribution < -0.4 is 5.32 Å². The first-order chi connectivity index (χ1) is 12.3. The number of carbonyl (C=O) groups excluding carboxylic acids is 1. The normalized spacial score (nSPS) is 15.4. The third-order valence-corrected chi connectivity index (χ3v) is 4.90. The van der Waals surface area contributed by atoms with Gasteiger partial charge in [-0.25, -0.2) is 9.97 Å². The summed E-state index contributed by atoms with van der Waals surface area (Å²) >= 11 is 1.44. The van der Waals surface area contributed by atoms with Gasteiger partial charge in [-0.05, 0) is 12.1 Å². The summed E-state index contributed by atoms with van der Waals surface area (Å²) in [6.45, 7) is 4.15. The molecule has 1 N–H and O–H groups in total. The predicted molar refractivity (Wildman–Crippen MR) is 97.9 cm³/mol. The molecule has 3 aromatic rings. The molecule has 1 aliphatic heterocycles. The lowest BCUT2D eigenvalue weighted by Crippen LogP contribution is -2.35. The van der Waals surface area contributed by atoms with E-state index >= 15 is 0 Å². The van der Waals surface area contributed by atoms with Crippen molar-refractivity contribution >= 4 is 33.3 Å². The van der Waals surface area contributed by atoms with Crippen LogP contribution in [-0.2, 0) is 11.3 Å². The van der Waals surface area contributed by atoms with Gasteiger partial charge in [0.2, 0.25) is 0 Å². The van der Waals surface area contributed by atoms with Gasteiger partial charge >= 0.3 is 0 Å². The molecular weight excluding hydrogens is 336 g/mol. The number of hydrogen-bond donors (Lipinski definition) is 1. The number of hydrogen-bond acceptors (Lipinski definition) is 6. The first-order valence-corrected chi connectivity index (χ1v) is 9.07. The largest absolute Gasteiger partial charge is 0.379 e. The summed E-state index contributed by atoms with van der Waals surface area (Å²) in [5, 5.41) is 6.44. The average Bonchev–Trinajstić information content (AvgIpc) is 3.09. The number of carbonyl (C=O) groups is 1. The van der Waals surface area contributed by atoms with Crippen LogP contribution in [-0.4, -0.2) is 47.1 Å². The number of para-hydroxylation sites is 1. The number of aromatic nitrogens is 2. The van der Waals surface area contributed by atoms with Gasteiger partial charge < -0.3 is 4.74 Å². The maximum Gasteiger partial charge on any atom is 0.276 e. The van der Waals surface area contributed by atoms with Crippen molar-refractivity contribution in [1.29, 1.82) is 0 Å². The number of nitrogens with one attached hydrogen (secondary N) is 1. The van der Waals surface area contributed by atoms with E-state index in [2.05, 4.69) is 20.2 Å². The lowest BCUT2D eigenvalue weighted by molar-refractivity contribution is 0.0337. The summed E-state index contributed by atoms with van der Waals surface area (Å²) in [6, 6.07) is 11.4. The molecule has 2 aromatic heterocycles. The predicted octanol–water partition coefficient (Wildman–Crippen LogP) is 2.78. The number of ether oxygens (including phenoxy) is 1. The standard InChI is InChI=1S/C18H18N4O2S/c23-17(16-6-5-13-3-1-2-4-15(13)20-16)21-18-19-14(12-25-18)11-22-7-9-24-10-8-22/h1-6,12H,7-11H2,(H,19,21,23). The Morgan fingerprint density at radius 3 is 2.88 bits per heavy atom. The minimum atomic E-state index is -0.238. The molecule has 128 valence electrons. The molecule has 0 spiro atoms. The molecule has 6 nitrogen and oxygen atoms in total. The van der Waals surface area contributed by atoms with Crippen molar-refractivity contribution in [3.8, 4) is 0 Å². The van der Waals surface area contributed by atoms with Gasteiger partial charge in [0.15, 0.2) is 5.13 Å². The quantitative estimate of drug-likeness (QED) is 0.780. The zero-order valence-corrected chi connectivity index (χ0v) is 14.5. The molecule has 0 radical (unpaired) electrons. The molecule has 3 heterocycles. The Kier molecular flexibility index (Phi) is 4.69. The minimum Gasteiger partial charge on any atom is -0.379 e. The van der Waals surface area contributed by atoms with Gasteiger partial charge in [-0.15, -0.1) is 11.3 Å². The highest BCUT2D eigenvalue weighted by Crippen LogP contribution is 2.19. The molecule has 7 heteroatoms. The molecule has 1 fully saturated rings. The fourth-order valence-electron chi connectivity index (χ4n) is 2.78. The zero-order valence-electron chi connectivity index (χ0n) is 13.6. The molecule has 1 aromatic carbocycles. The highest BCUT2D eigenvalue weighted by molar-refractivity contribution is 7.13. The van der Waals surface area contributed by atoms with Crippen LogP contribution in [0.1, 0.15) is 16.2 Å². The van der Waals surface area contributed by atoms with Crippen LogP contribution in [0.5, 0.6) is 0 Å². The Hall–Kier alpha value is -2.35. The smallest absolute Gasteiger partial charge is 0.276 e. The van der Waals surface area contributed by atoms with Gasteiger partial charge in [0.25, 0.3) is 5.91 Å². The van der Waals surface area contributed by atoms with E-state index in [1.807, 2.05) is 35.7 Å². The van der Waals surface area contributed by atoms with E-state index in [4.69, 9.17) is 4.74 Å². The molecule has 0 atom stereocenters. The SMILES string of the molecule is O=C(Nc1nc(CN2CCOCC2)cs1)c1ccc2ccccc2n1. The minimum absolute atomic E-state index is 0.238. The summed E-state index contributed by atoms with van der Waals surface area (Å²) in [5.41, 5.74) is 2.17. The number of pyridine rings is 1. The number of amides is 1. The summed E-state index contributed by atoms with van der Waals surface area (Å²) in [6.07, 6.45) is 0. The lowest BCUT2D eigenvalue weighted by Gasteiger charge is -2.25. The van der Waals surface area contributed by atoms with Crippen molar-refractivity contribution in [2.45, 2.75) is 6.54 Å². The van der Waals surface area contributed by atoms with Crippen molar-refractivity contribution < 1.29 is 9.53 Å². The summed E-state index contributed by atoms with van der Waals surface area (Å²) < 4.78 is 5.35. The van der Waals surface area contributed by atoms with Crippen molar-refractivity contribution in [2.75, 3.05) is 31.6 Å². The molecule has 1 saturated heterocycles. The van der Waals surface area contributed by atoms with Crippen LogP contribution in [0.15, 0.2) is 41.8 Å². The van der Waals surface area contributed by atoms with Crippen LogP contribution in [0.4, 0.5) is 5.13 Å². The summed E-state index contributed by atoms with van der Waals surface area (Å²) in [5.74, 6) is -0.238. The average molecular weight is 354 g/mol. The molecule has 4 rings (SSSR count). The molecular formula is C18H18N4O2S. The van der Waals surface area contributed by atoms with Gasteiger partial charge in [0, 0.05) is 30.4 Å². The van der Waals surface area contributed by atoms with E-state index in [1.54, 1.807) is 6.07 Å². The van der Waals surface area contributed by atoms with E-state index in [1.165, 1.54) is 11.3 Å². The monoisotopic (exact) mass is 354 g/mol. The van der Waals surface area contributed by atoms with E-state index in [-0.39, 0.29) is 5.91 Å². The number of nitrogens with zero attached hydrogens (tertiary/aromatic N) is 3. The molecule has 0 unspecified atom stereocenters. The maximum absolute atomic E-state index is 12.4. The number of thiazole rings is 1. The number of rotatable bonds is 4. The van der Waals surface area contributed by atoms with Gasteiger partial charge in [-0.3, -0.25) is 15.0 Å². The van der Waals surface area contributed by atoms with Gasteiger partial charge in [0.05, 0.1) is 24.4 Å². The van der Waals surface area contributed by atoms with Crippen LogP contribution in [0.25, 0.3) is 10.9 Å². The number of fused-ring (bicyclic) bond motifs is 1. The van der Waals surface area contributed by atoms with Crippen molar-refractivity contribution in [1.82, 2.24) is 14.9 Å². The Bertz CT molecular complexity index is 889. The van der Waals surface area contributed by atoms with Crippen LogP contribution in [0, 0.1) is 0 Å². The number of morpholine rings is 1. The van der Waals surface area contributed by atoms with E-state index in [0.29, 0.717) is 10.8 Å². The molecule has 1 aliphatic rings. The van der Waals surface area contributed by atoms with E-state index < -0.39 is 0 Å². The Balaban J connectivity index is 1.43. The highest BCUT2D eigenvalue weighted by Gasteiger charge is 2.14. The number of benzene rings is 1. The summed E-state index contributed by atoms with van der Waals surface area (Å²) in [7, 11) is 0. The molecule has 0 bridgehead atoms. The van der Waals surface area contributed by atoms with Crippen LogP contribution in [0.2, 0.25) is 0 Å². The van der Waals surface area contributed by atoms with Crippen molar-refractivity contribution in [3.63, 3.8) is 0 Å². The van der Waals surface area contributed by atoms with Gasteiger partial charge in [-0.1, -0.05) is 24.3 Å². The zero-order chi connectivity index (χ0) is 17.1. The fraction of sp³-hybridized carbons (Fsp3) is 0.278. The number of anilines is 1. The Morgan fingerprint density at radius 2 is 2.00 bits per heavy atom. The first kappa shape index (κ1) is 16.1. The maximum atomic E-state index is 12.4. The fourth-order valence-corrected chi connectivity index (χ4v) is 3.48. The Labute approximate surface area is 149 Å². The highest BCUT2D eigenvalue weighted by atomic mass is 32.1. The second-order valence-corrected chi connectivity index (χ2v) is 6.73. The van der Waals surface area contributed by atoms with Crippen LogP contribution in [0.3, 0.4) is 0 Å². The molecule has 0 saturated carbocycles. The second kappa shape index (κ2) is 7.26. The van der Waals surface area contributed by atoms with Gasteiger partial charge in [0.1, 0.15) is 5.69 Å². The molecule has 25 heavy (non-hydrogen) atoms. The third kappa shape index (κ3) is 3.84. The van der Waals surface area contributed by atoms with E-state index in [9.17, 15) is 4.79 Å². The topological polar surface area (TPSA) is 67.4 Å². The van der Waals surface area contributed by atoms with Gasteiger partial charge in [-0.2, -0.15) is 0 Å². The Morgan fingerprint density at radius 1 is 1.16 bits per heavy atom. The van der Waals surface area contributed by atoms with Crippen molar-refractivity contribution in [3.05, 3.63) is 53.2 Å². The lowest BCUT2D eigenvalue weighted by atomic mass is 10.2. The second-order valence-electron chi connectivity index (χ2n) is 5.88. The van der Waals surface area contributed by atoms with Crippen LogP contribution >= 0.6 is 11.3 Å². The molecule has 0 aliphatic carbocycles. The third-order valence-electron chi connectivity index (χ3n) is 4.09. The van der Waals surface area contributed by atoms with E-state index in [0.717, 1.165) is 49.4 Å².